The van der Waals surface area contributed by atoms with E-state index in [0.717, 1.165) is 25.9 Å². The van der Waals surface area contributed by atoms with Crippen LogP contribution in [-0.2, 0) is 6.54 Å². The first-order valence-corrected chi connectivity index (χ1v) is 18.9. The minimum Gasteiger partial charge on any atom is -0.377 e. The molecule has 0 saturated heterocycles. The SMILES string of the molecule is CCN1/C(=C/C=C2\CCCC(/C=C/c3sc4ccc5ccccc5c4[n+]3CC)=C2N(C)C)Sc2ccc3ccccc3c21.[O-][Cl+3]([O-])([O-])[O-]. The fourth-order valence-electron chi connectivity index (χ4n) is 6.78. The molecule has 0 fully saturated rings. The second kappa shape index (κ2) is 14.4. The Balaban J connectivity index is 0.000000749. The van der Waals surface area contributed by atoms with Crippen LogP contribution in [0.5, 0.6) is 0 Å². The Morgan fingerprint density at radius 3 is 2.19 bits per heavy atom. The lowest BCUT2D eigenvalue weighted by Gasteiger charge is -2.27. The minimum atomic E-state index is -4.94. The van der Waals surface area contributed by atoms with Gasteiger partial charge in [0.2, 0.25) is 5.52 Å². The number of aryl methyl sites for hydroxylation is 1. The lowest BCUT2D eigenvalue weighted by molar-refractivity contribution is -2.00. The summed E-state index contributed by atoms with van der Waals surface area (Å²) in [7, 11) is -0.560. The van der Waals surface area contributed by atoms with Crippen LogP contribution in [0.1, 0.15) is 38.1 Å². The Morgan fingerprint density at radius 1 is 0.833 bits per heavy atom. The van der Waals surface area contributed by atoms with Gasteiger partial charge in [0, 0.05) is 42.7 Å². The molecule has 1 aromatic heterocycles. The number of halogens is 1. The number of hydrogen-bond acceptors (Lipinski definition) is 8. The van der Waals surface area contributed by atoms with Gasteiger partial charge in [0.25, 0.3) is 5.01 Å². The number of thiazole rings is 1. The van der Waals surface area contributed by atoms with Gasteiger partial charge in [-0.05, 0) is 85.4 Å². The quantitative estimate of drug-likeness (QED) is 0.225. The zero-order chi connectivity index (χ0) is 34.0. The van der Waals surface area contributed by atoms with Crippen LogP contribution in [0.4, 0.5) is 5.69 Å². The van der Waals surface area contributed by atoms with Crippen LogP contribution < -0.4 is 28.1 Å². The van der Waals surface area contributed by atoms with E-state index in [1.807, 2.05) is 23.1 Å². The van der Waals surface area contributed by atoms with Crippen molar-refractivity contribution in [2.75, 3.05) is 25.5 Å². The Morgan fingerprint density at radius 2 is 1.50 bits per heavy atom. The molecule has 1 aliphatic heterocycles. The summed E-state index contributed by atoms with van der Waals surface area (Å²) in [4.78, 5) is 6.15. The molecule has 248 valence electrons. The molecule has 0 saturated carbocycles. The van der Waals surface area contributed by atoms with Crippen LogP contribution >= 0.6 is 23.1 Å². The molecular weight excluding hydrogens is 662 g/mol. The van der Waals surface area contributed by atoms with E-state index < -0.39 is 10.2 Å². The van der Waals surface area contributed by atoms with E-state index in [2.05, 4.69) is 139 Å². The molecule has 2 aliphatic rings. The number of allylic oxidation sites excluding steroid dienone is 5. The van der Waals surface area contributed by atoms with Crippen LogP contribution in [0.3, 0.4) is 0 Å². The molecule has 7 nitrogen and oxygen atoms in total. The smallest absolute Gasteiger partial charge is 0.262 e. The molecule has 0 bridgehead atoms. The van der Waals surface area contributed by atoms with E-state index in [-0.39, 0.29) is 0 Å². The first-order chi connectivity index (χ1) is 23.1. The predicted octanol–water partition coefficient (Wildman–Crippen LogP) is 5.17. The summed E-state index contributed by atoms with van der Waals surface area (Å²) >= 11 is 3.79. The van der Waals surface area contributed by atoms with Crippen LogP contribution in [0.2, 0.25) is 0 Å². The van der Waals surface area contributed by atoms with Crippen molar-refractivity contribution in [3.05, 3.63) is 118 Å². The van der Waals surface area contributed by atoms with Crippen molar-refractivity contribution < 1.29 is 33.4 Å². The van der Waals surface area contributed by atoms with Gasteiger partial charge in [-0.25, -0.2) is 18.6 Å². The van der Waals surface area contributed by atoms with E-state index in [1.54, 1.807) is 0 Å². The molecule has 0 unspecified atom stereocenters. The molecule has 4 aromatic carbocycles. The third-order valence-electron chi connectivity index (χ3n) is 8.66. The zero-order valence-electron chi connectivity index (χ0n) is 27.4. The lowest BCUT2D eigenvalue weighted by atomic mass is 9.90. The highest BCUT2D eigenvalue weighted by atomic mass is 35.7. The van der Waals surface area contributed by atoms with Gasteiger partial charge in [0.1, 0.15) is 11.2 Å². The van der Waals surface area contributed by atoms with Crippen LogP contribution in [0.25, 0.3) is 37.8 Å². The number of benzene rings is 4. The number of anilines is 1. The fraction of sp³-hybridized carbons (Fsp3) is 0.237. The normalized spacial score (nSPS) is 16.9. The summed E-state index contributed by atoms with van der Waals surface area (Å²) in [6, 6.07) is 26.6. The first-order valence-electron chi connectivity index (χ1n) is 16.0. The van der Waals surface area contributed by atoms with Crippen molar-refractivity contribution in [2.45, 2.75) is 44.6 Å². The summed E-state index contributed by atoms with van der Waals surface area (Å²) in [5, 5.41) is 7.90. The summed E-state index contributed by atoms with van der Waals surface area (Å²) in [5.41, 5.74) is 6.92. The highest BCUT2D eigenvalue weighted by Gasteiger charge is 2.26. The van der Waals surface area contributed by atoms with E-state index in [0.29, 0.717) is 0 Å². The van der Waals surface area contributed by atoms with Gasteiger partial charge in [-0.15, -0.1) is 10.2 Å². The molecule has 0 N–H and O–H groups in total. The maximum absolute atomic E-state index is 8.49. The molecule has 7 rings (SSSR count). The molecule has 0 atom stereocenters. The lowest BCUT2D eigenvalue weighted by Crippen LogP contribution is -2.68. The van der Waals surface area contributed by atoms with Gasteiger partial charge < -0.3 is 9.80 Å². The Kier molecular flexibility index (Phi) is 10.3. The highest BCUT2D eigenvalue weighted by molar-refractivity contribution is 8.03. The number of likely N-dealkylation sites (N-methyl/N-ethyl adjacent to an activating group) is 1. The minimum absolute atomic E-state index is 0.954. The van der Waals surface area contributed by atoms with E-state index in [9.17, 15) is 0 Å². The van der Waals surface area contributed by atoms with Crippen molar-refractivity contribution in [1.82, 2.24) is 4.90 Å². The number of hydrogen-bond donors (Lipinski definition) is 0. The molecular formula is C38H38ClN3O4S2. The molecule has 48 heavy (non-hydrogen) atoms. The molecule has 1 aliphatic carbocycles. The number of aromatic nitrogens is 1. The number of rotatable bonds is 6. The number of thioether (sulfide) groups is 1. The zero-order valence-corrected chi connectivity index (χ0v) is 29.8. The number of nitrogens with zero attached hydrogens (tertiary/aromatic N) is 3. The topological polar surface area (TPSA) is 103 Å². The van der Waals surface area contributed by atoms with E-state index in [4.69, 9.17) is 18.6 Å². The Labute approximate surface area is 291 Å². The summed E-state index contributed by atoms with van der Waals surface area (Å²) in [6.07, 6.45) is 12.9. The average Bonchev–Trinajstić information content (AvgIpc) is 3.63. The van der Waals surface area contributed by atoms with Gasteiger partial charge in [-0.3, -0.25) is 0 Å². The predicted molar refractivity (Wildman–Crippen MR) is 188 cm³/mol. The fourth-order valence-corrected chi connectivity index (χ4v) is 9.07. The van der Waals surface area contributed by atoms with Gasteiger partial charge in [0.05, 0.1) is 16.1 Å². The summed E-state index contributed by atoms with van der Waals surface area (Å²) in [6.45, 7) is 6.42. The second-order valence-corrected chi connectivity index (χ2v) is 14.7. The molecule has 2 heterocycles. The van der Waals surface area contributed by atoms with Crippen LogP contribution in [0, 0.1) is 10.2 Å². The van der Waals surface area contributed by atoms with E-state index in [1.165, 1.54) is 75.6 Å². The Hall–Kier alpha value is -3.67. The van der Waals surface area contributed by atoms with Gasteiger partial charge in [-0.1, -0.05) is 83.8 Å². The highest BCUT2D eigenvalue weighted by Crippen LogP contribution is 2.49. The van der Waals surface area contributed by atoms with Crippen molar-refractivity contribution >= 4 is 66.6 Å². The molecule has 10 heteroatoms. The number of fused-ring (bicyclic) bond motifs is 6. The van der Waals surface area contributed by atoms with Crippen LogP contribution in [0.15, 0.2) is 118 Å². The first kappa shape index (κ1) is 34.2. The molecule has 0 spiro atoms. The summed E-state index contributed by atoms with van der Waals surface area (Å²) < 4.78 is 37.8. The summed E-state index contributed by atoms with van der Waals surface area (Å²) in [5.74, 6) is 0. The van der Waals surface area contributed by atoms with E-state index >= 15 is 0 Å². The molecule has 5 aromatic rings. The molecule has 0 radical (unpaired) electrons. The van der Waals surface area contributed by atoms with Gasteiger partial charge in [-0.2, -0.15) is 4.57 Å². The average molecular weight is 700 g/mol. The largest absolute Gasteiger partial charge is 0.377 e. The van der Waals surface area contributed by atoms with Crippen molar-refractivity contribution in [3.8, 4) is 0 Å². The third kappa shape index (κ3) is 7.18. The standard InChI is InChI=1S/C38H38N3S2.ClHO4/c1-5-40-34(42-32-22-18-26-12-7-9-16-30(26)37(32)40)24-20-28-14-11-15-29(36(28)39(3)4)21-25-35-41(6-2)38-31-17-10-8-13-27(31)19-23-33(38)43-35;2-1(3,4)5/h7-10,12-13,16-25H,5-6,11,14-15H2,1-4H3;(H,2,3,4,5)/q+1;/p-1. The Bertz CT molecular complexity index is 2100. The van der Waals surface area contributed by atoms with Crippen LogP contribution in [-0.4, -0.2) is 25.5 Å². The monoisotopic (exact) mass is 699 g/mol. The maximum atomic E-state index is 8.49. The van der Waals surface area contributed by atoms with Crippen molar-refractivity contribution in [3.63, 3.8) is 0 Å². The van der Waals surface area contributed by atoms with Crippen molar-refractivity contribution in [1.29, 1.82) is 0 Å². The van der Waals surface area contributed by atoms with Gasteiger partial charge >= 0.3 is 0 Å². The third-order valence-corrected chi connectivity index (χ3v) is 10.9. The van der Waals surface area contributed by atoms with Crippen molar-refractivity contribution in [2.24, 2.45) is 0 Å². The maximum Gasteiger partial charge on any atom is 0.262 e. The van der Waals surface area contributed by atoms with Gasteiger partial charge in [0.15, 0.2) is 0 Å². The molecule has 0 amide bonds. The second-order valence-electron chi connectivity index (χ2n) is 11.8.